The van der Waals surface area contributed by atoms with Gasteiger partial charge in [0.2, 0.25) is 5.60 Å². The minimum absolute atomic E-state index is 0.0196. The second kappa shape index (κ2) is 12.6. The maximum atomic E-state index is 14.5. The number of carbonyl (C=O) groups excluding carboxylic acids is 1. The van der Waals surface area contributed by atoms with E-state index in [0.717, 1.165) is 23.8 Å². The number of hydroxylamine groups is 2. The highest BCUT2D eigenvalue weighted by Crippen LogP contribution is 2.49. The maximum absolute atomic E-state index is 14.5. The summed E-state index contributed by atoms with van der Waals surface area (Å²) in [6.45, 7) is 0.416. The van der Waals surface area contributed by atoms with Gasteiger partial charge in [-0.25, -0.2) is 4.39 Å². The van der Waals surface area contributed by atoms with E-state index in [4.69, 9.17) is 32.9 Å². The molecular formula is C31H23Cl2F4N3O3. The molecule has 0 aromatic heterocycles. The lowest BCUT2D eigenvalue weighted by atomic mass is 9.90. The highest BCUT2D eigenvalue weighted by molar-refractivity contribution is 6.35. The fourth-order valence-corrected chi connectivity index (χ4v) is 5.11. The highest BCUT2D eigenvalue weighted by Gasteiger charge is 2.60. The van der Waals surface area contributed by atoms with Crippen molar-refractivity contribution in [3.63, 3.8) is 0 Å². The Balaban J connectivity index is 1.36. The average Bonchev–Trinajstić information content (AvgIpc) is 3.46. The molecule has 1 unspecified atom stereocenters. The van der Waals surface area contributed by atoms with Gasteiger partial charge in [-0.2, -0.15) is 13.2 Å². The molecule has 5 rings (SSSR count). The van der Waals surface area contributed by atoms with Crippen LogP contribution in [0.4, 0.5) is 17.6 Å². The lowest BCUT2D eigenvalue weighted by Gasteiger charge is -2.28. The first-order valence-corrected chi connectivity index (χ1v) is 13.6. The topological polar surface area (TPSA) is 71.6 Å². The predicted octanol–water partition coefficient (Wildman–Crippen LogP) is 7.58. The Morgan fingerprint density at radius 2 is 1.63 bits per heavy atom. The maximum Gasteiger partial charge on any atom is 0.428 e. The van der Waals surface area contributed by atoms with Crippen LogP contribution < -0.4 is 16.3 Å². The Hall–Kier alpha value is -4.09. The highest BCUT2D eigenvalue weighted by atomic mass is 35.5. The van der Waals surface area contributed by atoms with E-state index in [1.807, 2.05) is 30.3 Å². The number of carbonyl (C=O) groups is 1. The van der Waals surface area contributed by atoms with Crippen LogP contribution in [0, 0.1) is 5.82 Å². The number of fused-ring (bicyclic) bond motifs is 1. The largest absolute Gasteiger partial charge is 0.428 e. The third-order valence-electron chi connectivity index (χ3n) is 6.75. The summed E-state index contributed by atoms with van der Waals surface area (Å²) in [5.41, 5.74) is 3.20. The molecule has 0 aliphatic carbocycles. The number of hydrogen-bond acceptors (Lipinski definition) is 5. The van der Waals surface area contributed by atoms with E-state index in [0.29, 0.717) is 29.4 Å². The molecule has 0 saturated heterocycles. The van der Waals surface area contributed by atoms with E-state index in [1.165, 1.54) is 24.5 Å². The van der Waals surface area contributed by atoms with Gasteiger partial charge in [0.1, 0.15) is 0 Å². The summed E-state index contributed by atoms with van der Waals surface area (Å²) in [7, 11) is 0. The third kappa shape index (κ3) is 6.33. The molecule has 222 valence electrons. The molecule has 1 atom stereocenters. The molecule has 0 saturated carbocycles. The molecule has 12 heteroatoms. The van der Waals surface area contributed by atoms with Gasteiger partial charge in [-0.1, -0.05) is 83.9 Å². The zero-order valence-corrected chi connectivity index (χ0v) is 23.7. The molecular weight excluding hydrogens is 609 g/mol. The van der Waals surface area contributed by atoms with E-state index < -0.39 is 39.1 Å². The fourth-order valence-electron chi connectivity index (χ4n) is 4.63. The van der Waals surface area contributed by atoms with Crippen LogP contribution in [-0.2, 0) is 21.7 Å². The Labute approximate surface area is 253 Å². The Morgan fingerprint density at radius 3 is 2.33 bits per heavy atom. The summed E-state index contributed by atoms with van der Waals surface area (Å²) in [4.78, 5) is 23.5. The van der Waals surface area contributed by atoms with Gasteiger partial charge in [-0.3, -0.25) is 25.4 Å². The molecule has 6 nitrogen and oxygen atoms in total. The number of alkyl halides is 3. The quantitative estimate of drug-likeness (QED) is 0.0768. The van der Waals surface area contributed by atoms with Crippen molar-refractivity contribution in [2.24, 2.45) is 0 Å². The molecule has 0 fully saturated rings. The van der Waals surface area contributed by atoms with E-state index in [2.05, 4.69) is 16.3 Å². The molecule has 0 bridgehead atoms. The number of amides is 1. The van der Waals surface area contributed by atoms with Crippen molar-refractivity contribution in [2.45, 2.75) is 18.2 Å². The number of hydrogen-bond donors (Lipinski definition) is 3. The molecule has 4 aromatic carbocycles. The number of nitrogens with one attached hydrogen (secondary N) is 3. The van der Waals surface area contributed by atoms with Gasteiger partial charge in [0.05, 0.1) is 22.3 Å². The average molecular weight is 632 g/mol. The minimum Gasteiger partial charge on any atom is -0.327 e. The minimum atomic E-state index is -4.98. The molecule has 3 N–H and O–H groups in total. The van der Waals surface area contributed by atoms with Crippen LogP contribution in [0.3, 0.4) is 0 Å². The van der Waals surface area contributed by atoms with Gasteiger partial charge >= 0.3 is 6.18 Å². The van der Waals surface area contributed by atoms with Gasteiger partial charge in [0.25, 0.3) is 5.91 Å². The van der Waals surface area contributed by atoms with Crippen molar-refractivity contribution in [1.82, 2.24) is 16.3 Å². The molecule has 1 aliphatic heterocycles. The first-order chi connectivity index (χ1) is 20.6. The van der Waals surface area contributed by atoms with Gasteiger partial charge in [-0.05, 0) is 47.0 Å². The lowest BCUT2D eigenvalue weighted by Crippen LogP contribution is -2.42. The second-order valence-corrected chi connectivity index (χ2v) is 10.3. The van der Waals surface area contributed by atoms with E-state index in [-0.39, 0.29) is 11.3 Å². The second-order valence-electron chi connectivity index (χ2n) is 9.46. The number of halogens is 6. The third-order valence-corrected chi connectivity index (χ3v) is 7.30. The van der Waals surface area contributed by atoms with Crippen LogP contribution in [0.2, 0.25) is 10.0 Å². The van der Waals surface area contributed by atoms with Crippen LogP contribution >= 0.6 is 23.2 Å². The molecule has 4 aromatic rings. The van der Waals surface area contributed by atoms with Crippen molar-refractivity contribution < 1.29 is 32.0 Å². The zero-order valence-electron chi connectivity index (χ0n) is 22.1. The molecule has 0 spiro atoms. The van der Waals surface area contributed by atoms with E-state index >= 15 is 0 Å². The Kier molecular flexibility index (Phi) is 8.93. The van der Waals surface area contributed by atoms with Crippen molar-refractivity contribution >= 4 is 45.6 Å². The van der Waals surface area contributed by atoms with Crippen molar-refractivity contribution in [1.29, 1.82) is 0 Å². The molecule has 1 amide bonds. The smallest absolute Gasteiger partial charge is 0.327 e. The molecule has 1 aliphatic rings. The first kappa shape index (κ1) is 30.4. The molecule has 43 heavy (non-hydrogen) atoms. The molecule has 0 radical (unpaired) electrons. The fraction of sp³-hybridized carbons (Fsp3) is 0.129. The van der Waals surface area contributed by atoms with E-state index in [9.17, 15) is 22.4 Å². The number of benzene rings is 4. The lowest BCUT2D eigenvalue weighted by molar-refractivity contribution is -0.269. The summed E-state index contributed by atoms with van der Waals surface area (Å²) in [6, 6.07) is 21.2. The van der Waals surface area contributed by atoms with E-state index in [1.54, 1.807) is 24.3 Å². The van der Waals surface area contributed by atoms with Crippen LogP contribution in [0.1, 0.15) is 27.0 Å². The normalized spacial score (nSPS) is 16.7. The summed E-state index contributed by atoms with van der Waals surface area (Å²) >= 11 is 11.6. The standard InChI is InChI=1S/C31H23Cl2F4N3O3/c32-25-16-20(17-26(33)28(25)34)30(31(35,36)37)18-27(40-43-30)23-10-11-24(22-9-5-4-8-21(22)23)29(41)38-13-14-39-42-15-12-19-6-2-1-3-7-19/h1-11,13-14,16-18,39-40H,12,15H2,(H,38,41). The zero-order chi connectivity index (χ0) is 30.6. The summed E-state index contributed by atoms with van der Waals surface area (Å²) in [5, 5.41) is 2.44. The van der Waals surface area contributed by atoms with Crippen LogP contribution in [0.5, 0.6) is 0 Å². The number of rotatable bonds is 9. The van der Waals surface area contributed by atoms with Crippen LogP contribution in [-0.4, -0.2) is 18.7 Å². The van der Waals surface area contributed by atoms with Crippen molar-refractivity contribution in [3.8, 4) is 0 Å². The van der Waals surface area contributed by atoms with Gasteiger partial charge in [0, 0.05) is 29.1 Å². The van der Waals surface area contributed by atoms with Gasteiger partial charge in [0.15, 0.2) is 5.82 Å². The van der Waals surface area contributed by atoms with Crippen LogP contribution in [0.15, 0.2) is 97.3 Å². The Bertz CT molecular complexity index is 1690. The molecule has 1 heterocycles. The first-order valence-electron chi connectivity index (χ1n) is 12.9. The van der Waals surface area contributed by atoms with Gasteiger partial charge in [-0.15, -0.1) is 0 Å². The predicted molar refractivity (Wildman–Crippen MR) is 156 cm³/mol. The Morgan fingerprint density at radius 1 is 0.953 bits per heavy atom. The SMILES string of the molecule is O=C(NC=CNOCCc1ccccc1)c1ccc(C2=CC(c3cc(Cl)c(F)c(Cl)c3)(C(F)(F)F)ON2)c2ccccc12. The summed E-state index contributed by atoms with van der Waals surface area (Å²) in [6.07, 6.45) is -0.639. The monoisotopic (exact) mass is 631 g/mol. The van der Waals surface area contributed by atoms with Crippen LogP contribution in [0.25, 0.3) is 16.5 Å². The summed E-state index contributed by atoms with van der Waals surface area (Å²) in [5.74, 6) is -1.49. The van der Waals surface area contributed by atoms with Crippen molar-refractivity contribution in [3.05, 3.63) is 135 Å². The van der Waals surface area contributed by atoms with Gasteiger partial charge < -0.3 is 5.32 Å². The van der Waals surface area contributed by atoms with Crippen molar-refractivity contribution in [2.75, 3.05) is 6.61 Å². The summed E-state index contributed by atoms with van der Waals surface area (Å²) < 4.78 is 57.4.